The molecular weight excluding hydrogens is 384 g/mol. The Labute approximate surface area is 173 Å². The minimum Gasteiger partial charge on any atom is -0.481 e. The lowest BCUT2D eigenvalue weighted by atomic mass is 9.97. The zero-order valence-electron chi connectivity index (χ0n) is 17.5. The van der Waals surface area contributed by atoms with E-state index in [-0.39, 0.29) is 17.4 Å². The van der Waals surface area contributed by atoms with Crippen LogP contribution in [-0.2, 0) is 14.0 Å². The Hall–Kier alpha value is -2.44. The van der Waals surface area contributed by atoms with Gasteiger partial charge in [0, 0.05) is 6.61 Å². The van der Waals surface area contributed by atoms with Crippen LogP contribution in [-0.4, -0.2) is 37.1 Å². The molecule has 29 heavy (non-hydrogen) atoms. The molecule has 0 bridgehead atoms. The van der Waals surface area contributed by atoms with Gasteiger partial charge in [-0.25, -0.2) is 0 Å². The number of hydrogen-bond acceptors (Lipinski definition) is 3. The van der Waals surface area contributed by atoms with Gasteiger partial charge in [-0.3, -0.25) is 9.59 Å². The van der Waals surface area contributed by atoms with Gasteiger partial charge in [-0.05, 0) is 27.8 Å². The smallest absolute Gasteiger partial charge is 0.317 e. The third kappa shape index (κ3) is 5.13. The van der Waals surface area contributed by atoms with Crippen molar-refractivity contribution in [3.05, 3.63) is 60.7 Å². The van der Waals surface area contributed by atoms with E-state index in [0.29, 0.717) is 6.61 Å². The SMILES string of the molecule is C[C@@H](CO[Si](c1ccccc1)(c1ccccc1)C(C)(C)C)CC(C(=O)O)C(=O)O. The number of carboxylic acids is 2. The van der Waals surface area contributed by atoms with E-state index >= 15 is 0 Å². The van der Waals surface area contributed by atoms with E-state index in [1.807, 2.05) is 43.3 Å². The molecule has 0 aliphatic carbocycles. The summed E-state index contributed by atoms with van der Waals surface area (Å²) in [5, 5.41) is 20.5. The Morgan fingerprint density at radius 1 is 0.897 bits per heavy atom. The highest BCUT2D eigenvalue weighted by molar-refractivity contribution is 6.99. The fourth-order valence-corrected chi connectivity index (χ4v) is 8.50. The van der Waals surface area contributed by atoms with Gasteiger partial charge in [0.15, 0.2) is 5.92 Å². The average Bonchev–Trinajstić information content (AvgIpc) is 2.66. The molecule has 0 saturated heterocycles. The van der Waals surface area contributed by atoms with E-state index in [0.717, 1.165) is 10.4 Å². The van der Waals surface area contributed by atoms with Gasteiger partial charge < -0.3 is 14.6 Å². The Bertz CT molecular complexity index is 761. The summed E-state index contributed by atoms with van der Waals surface area (Å²) in [5.41, 5.74) is 0. The minimum atomic E-state index is -2.71. The first-order chi connectivity index (χ1) is 13.6. The zero-order valence-corrected chi connectivity index (χ0v) is 18.5. The van der Waals surface area contributed by atoms with E-state index in [2.05, 4.69) is 45.0 Å². The topological polar surface area (TPSA) is 83.8 Å². The molecule has 0 unspecified atom stereocenters. The summed E-state index contributed by atoms with van der Waals surface area (Å²) in [6.45, 7) is 8.64. The van der Waals surface area contributed by atoms with Crippen molar-refractivity contribution in [2.45, 2.75) is 39.2 Å². The first-order valence-corrected chi connectivity index (χ1v) is 11.7. The molecule has 5 nitrogen and oxygen atoms in total. The molecule has 1 atom stereocenters. The lowest BCUT2D eigenvalue weighted by Crippen LogP contribution is -2.66. The summed E-state index contributed by atoms with van der Waals surface area (Å²) in [6.07, 6.45) is 0.0306. The minimum absolute atomic E-state index is 0.0306. The van der Waals surface area contributed by atoms with Crippen LogP contribution in [0, 0.1) is 11.8 Å². The zero-order chi connectivity index (χ0) is 21.7. The van der Waals surface area contributed by atoms with Crippen LogP contribution in [0.1, 0.15) is 34.1 Å². The fourth-order valence-electron chi connectivity index (χ4n) is 3.81. The van der Waals surface area contributed by atoms with Crippen molar-refractivity contribution in [2.75, 3.05) is 6.61 Å². The van der Waals surface area contributed by atoms with Crippen molar-refractivity contribution in [3.8, 4) is 0 Å². The summed E-state index contributed by atoms with van der Waals surface area (Å²) in [6, 6.07) is 20.3. The van der Waals surface area contributed by atoms with Crippen molar-refractivity contribution >= 4 is 30.6 Å². The molecule has 2 N–H and O–H groups in total. The number of aliphatic carboxylic acids is 2. The molecule has 0 aliphatic rings. The summed E-state index contributed by atoms with van der Waals surface area (Å²) >= 11 is 0. The Morgan fingerprint density at radius 2 is 1.31 bits per heavy atom. The van der Waals surface area contributed by atoms with E-state index in [4.69, 9.17) is 4.43 Å². The van der Waals surface area contributed by atoms with Gasteiger partial charge >= 0.3 is 11.9 Å². The molecular formula is C23H30O5Si. The molecule has 0 amide bonds. The van der Waals surface area contributed by atoms with Crippen molar-refractivity contribution in [3.63, 3.8) is 0 Å². The highest BCUT2D eigenvalue weighted by Crippen LogP contribution is 2.37. The highest BCUT2D eigenvalue weighted by atomic mass is 28.4. The summed E-state index contributed by atoms with van der Waals surface area (Å²) < 4.78 is 6.74. The van der Waals surface area contributed by atoms with Crippen LogP contribution in [0.2, 0.25) is 5.04 Å². The lowest BCUT2D eigenvalue weighted by Gasteiger charge is -2.43. The first kappa shape index (κ1) is 22.8. The van der Waals surface area contributed by atoms with Crippen molar-refractivity contribution in [1.29, 1.82) is 0 Å². The van der Waals surface area contributed by atoms with Gasteiger partial charge in [0.05, 0.1) is 0 Å². The second-order valence-electron chi connectivity index (χ2n) is 8.54. The predicted octanol–water partition coefficient (Wildman–Crippen LogP) is 3.37. The van der Waals surface area contributed by atoms with Crippen LogP contribution >= 0.6 is 0 Å². The van der Waals surface area contributed by atoms with Gasteiger partial charge in [0.2, 0.25) is 0 Å². The monoisotopic (exact) mass is 414 g/mol. The highest BCUT2D eigenvalue weighted by Gasteiger charge is 2.50. The average molecular weight is 415 g/mol. The lowest BCUT2D eigenvalue weighted by molar-refractivity contribution is -0.155. The molecule has 0 radical (unpaired) electrons. The van der Waals surface area contributed by atoms with Crippen LogP contribution < -0.4 is 10.4 Å². The molecule has 0 aromatic heterocycles. The molecule has 0 heterocycles. The maximum atomic E-state index is 11.3. The van der Waals surface area contributed by atoms with Gasteiger partial charge in [-0.1, -0.05) is 88.4 Å². The van der Waals surface area contributed by atoms with Crippen molar-refractivity contribution in [2.24, 2.45) is 11.8 Å². The molecule has 2 aromatic rings. The van der Waals surface area contributed by atoms with Crippen LogP contribution in [0.15, 0.2) is 60.7 Å². The Kier molecular flexibility index (Phi) is 7.38. The van der Waals surface area contributed by atoms with E-state index in [9.17, 15) is 19.8 Å². The quantitative estimate of drug-likeness (QED) is 0.485. The summed E-state index contributed by atoms with van der Waals surface area (Å²) in [4.78, 5) is 22.5. The summed E-state index contributed by atoms with van der Waals surface area (Å²) in [5.74, 6) is -4.26. The molecule has 156 valence electrons. The predicted molar refractivity (Wildman–Crippen MR) is 116 cm³/mol. The molecule has 6 heteroatoms. The molecule has 0 aliphatic heterocycles. The largest absolute Gasteiger partial charge is 0.481 e. The van der Waals surface area contributed by atoms with E-state index in [1.54, 1.807) is 0 Å². The second kappa shape index (κ2) is 9.37. The molecule has 2 rings (SSSR count). The third-order valence-electron chi connectivity index (χ3n) is 5.24. The maximum absolute atomic E-state index is 11.3. The molecule has 2 aromatic carbocycles. The molecule has 0 fully saturated rings. The Morgan fingerprint density at radius 3 is 1.66 bits per heavy atom. The maximum Gasteiger partial charge on any atom is 0.317 e. The van der Waals surface area contributed by atoms with Gasteiger partial charge in [0.1, 0.15) is 0 Å². The van der Waals surface area contributed by atoms with E-state index < -0.39 is 26.2 Å². The number of benzene rings is 2. The van der Waals surface area contributed by atoms with Crippen LogP contribution in [0.4, 0.5) is 0 Å². The fraction of sp³-hybridized carbons (Fsp3) is 0.391. The molecule has 0 saturated carbocycles. The Balaban J connectivity index is 2.41. The van der Waals surface area contributed by atoms with Crippen LogP contribution in [0.5, 0.6) is 0 Å². The third-order valence-corrected chi connectivity index (χ3v) is 10.2. The normalized spacial score (nSPS) is 13.3. The van der Waals surface area contributed by atoms with Gasteiger partial charge in [-0.2, -0.15) is 0 Å². The molecule has 0 spiro atoms. The van der Waals surface area contributed by atoms with Gasteiger partial charge in [-0.15, -0.1) is 0 Å². The van der Waals surface area contributed by atoms with Crippen molar-refractivity contribution < 1.29 is 24.2 Å². The standard InChI is InChI=1S/C23H30O5Si/c1-17(15-20(21(24)25)22(26)27)16-28-29(23(2,3)4,18-11-7-5-8-12-18)19-13-9-6-10-14-19/h5-14,17,20H,15-16H2,1-4H3,(H,24,25)(H,26,27)/t17-/m1/s1. The summed E-state index contributed by atoms with van der Waals surface area (Å²) in [7, 11) is -2.71. The van der Waals surface area contributed by atoms with Crippen LogP contribution in [0.3, 0.4) is 0 Å². The van der Waals surface area contributed by atoms with Crippen molar-refractivity contribution in [1.82, 2.24) is 0 Å². The number of carbonyl (C=O) groups is 2. The second-order valence-corrected chi connectivity index (χ2v) is 12.8. The number of carboxylic acid groups (broad SMARTS) is 2. The van der Waals surface area contributed by atoms with Crippen LogP contribution in [0.25, 0.3) is 0 Å². The van der Waals surface area contributed by atoms with Gasteiger partial charge in [0.25, 0.3) is 8.32 Å². The van der Waals surface area contributed by atoms with E-state index in [1.165, 1.54) is 0 Å². The number of hydrogen-bond donors (Lipinski definition) is 2. The number of rotatable bonds is 9. The first-order valence-electron chi connectivity index (χ1n) is 9.80.